The molecule has 21 heavy (non-hydrogen) atoms. The Balaban J connectivity index is 2.18. The molecule has 2 rings (SSSR count). The largest absolute Gasteiger partial charge is 0.503 e. The van der Waals surface area contributed by atoms with Gasteiger partial charge in [-0.3, -0.25) is 4.79 Å². The summed E-state index contributed by atoms with van der Waals surface area (Å²) in [5.41, 5.74) is 1.29. The number of methoxy groups -OCH3 is 1. The summed E-state index contributed by atoms with van der Waals surface area (Å²) in [6.07, 6.45) is 0.297. The third-order valence-electron chi connectivity index (χ3n) is 3.07. The summed E-state index contributed by atoms with van der Waals surface area (Å²) >= 11 is 12.1. The van der Waals surface area contributed by atoms with Crippen LogP contribution in [0, 0.1) is 0 Å². The van der Waals surface area contributed by atoms with Gasteiger partial charge in [0.25, 0.3) is 0 Å². The van der Waals surface area contributed by atoms with Gasteiger partial charge in [-0.1, -0.05) is 41.9 Å². The molecule has 1 N–H and O–H groups in total. The average Bonchev–Trinajstić information content (AvgIpc) is 2.50. The number of rotatable bonds is 5. The lowest BCUT2D eigenvalue weighted by molar-refractivity contribution is 0.0986. The molecule has 0 aliphatic rings. The molecule has 0 radical (unpaired) electrons. The Kier molecular flexibility index (Phi) is 5.10. The number of phenolic OH excluding ortho intramolecular Hbond substituents is 1. The molecule has 0 aromatic heterocycles. The minimum Gasteiger partial charge on any atom is -0.503 e. The number of Topliss-reactive ketones (excluding diaryl/α,β-unsaturated/α-hetero) is 1. The predicted molar refractivity (Wildman–Crippen MR) is 83.8 cm³/mol. The lowest BCUT2D eigenvalue weighted by atomic mass is 10.0. The van der Waals surface area contributed by atoms with E-state index >= 15 is 0 Å². The number of carbonyl (C=O) groups is 1. The van der Waals surface area contributed by atoms with E-state index < -0.39 is 5.38 Å². The predicted octanol–water partition coefficient (Wildman–Crippen LogP) is 4.09. The van der Waals surface area contributed by atoms with Crippen LogP contribution in [0.5, 0.6) is 11.5 Å². The van der Waals surface area contributed by atoms with Gasteiger partial charge >= 0.3 is 0 Å². The number of carbonyl (C=O) groups excluding carboxylic acids is 1. The second-order valence-corrected chi connectivity index (χ2v) is 5.46. The van der Waals surface area contributed by atoms with Gasteiger partial charge in [-0.05, 0) is 24.1 Å². The molecule has 0 amide bonds. The van der Waals surface area contributed by atoms with Crippen LogP contribution in [0.25, 0.3) is 0 Å². The molecule has 5 heteroatoms. The molecule has 0 spiro atoms. The van der Waals surface area contributed by atoms with Crippen LogP contribution in [0.3, 0.4) is 0 Å². The maximum absolute atomic E-state index is 12.2. The Morgan fingerprint density at radius 2 is 1.95 bits per heavy atom. The van der Waals surface area contributed by atoms with Gasteiger partial charge in [0.05, 0.1) is 12.1 Å². The molecule has 0 saturated heterocycles. The van der Waals surface area contributed by atoms with Gasteiger partial charge in [-0.25, -0.2) is 0 Å². The van der Waals surface area contributed by atoms with Gasteiger partial charge in [-0.15, -0.1) is 11.6 Å². The fraction of sp³-hybridized carbons (Fsp3) is 0.188. The van der Waals surface area contributed by atoms with E-state index in [0.717, 1.165) is 5.56 Å². The zero-order valence-electron chi connectivity index (χ0n) is 11.3. The van der Waals surface area contributed by atoms with Crippen molar-refractivity contribution >= 4 is 29.0 Å². The number of benzene rings is 2. The van der Waals surface area contributed by atoms with Crippen molar-refractivity contribution in [3.05, 3.63) is 58.6 Å². The van der Waals surface area contributed by atoms with Crippen LogP contribution < -0.4 is 4.74 Å². The number of ketones is 1. The Hall–Kier alpha value is -1.71. The van der Waals surface area contributed by atoms with E-state index in [9.17, 15) is 9.90 Å². The smallest absolute Gasteiger partial charge is 0.180 e. The first-order valence-corrected chi connectivity index (χ1v) is 7.13. The summed E-state index contributed by atoms with van der Waals surface area (Å²) < 4.78 is 5.03. The summed E-state index contributed by atoms with van der Waals surface area (Å²) in [6.45, 7) is 0. The Bertz CT molecular complexity index is 641. The first-order valence-electron chi connectivity index (χ1n) is 6.31. The molecule has 0 bridgehead atoms. The first-order chi connectivity index (χ1) is 10.0. The molecule has 1 unspecified atom stereocenters. The number of alkyl halides is 1. The molecule has 2 aromatic rings. The summed E-state index contributed by atoms with van der Waals surface area (Å²) in [6, 6.07) is 12.1. The van der Waals surface area contributed by atoms with Crippen molar-refractivity contribution in [2.75, 3.05) is 7.11 Å². The zero-order valence-corrected chi connectivity index (χ0v) is 12.9. The van der Waals surface area contributed by atoms with Crippen LogP contribution in [0.4, 0.5) is 0 Å². The number of hydrogen-bond acceptors (Lipinski definition) is 3. The highest BCUT2D eigenvalue weighted by atomic mass is 35.5. The number of aromatic hydroxyl groups is 1. The van der Waals surface area contributed by atoms with Crippen molar-refractivity contribution in [1.29, 1.82) is 0 Å². The fourth-order valence-corrected chi connectivity index (χ4v) is 2.52. The van der Waals surface area contributed by atoms with E-state index in [0.29, 0.717) is 12.0 Å². The van der Waals surface area contributed by atoms with E-state index in [2.05, 4.69) is 0 Å². The van der Waals surface area contributed by atoms with E-state index in [1.807, 2.05) is 6.07 Å². The van der Waals surface area contributed by atoms with E-state index in [4.69, 9.17) is 27.9 Å². The van der Waals surface area contributed by atoms with Gasteiger partial charge in [0.1, 0.15) is 5.38 Å². The van der Waals surface area contributed by atoms with Crippen LogP contribution in [-0.2, 0) is 6.42 Å². The molecule has 0 saturated carbocycles. The normalized spacial score (nSPS) is 12.0. The highest BCUT2D eigenvalue weighted by molar-refractivity contribution is 6.34. The second kappa shape index (κ2) is 6.83. The standard InChI is InChI=1S/C16H14Cl2O3/c1-21-14-9-10(8-13(18)16(14)20)7-12(17)15(19)11-5-3-2-4-6-11/h2-6,8-9,12,20H,7H2,1H3. The molecule has 1 atom stereocenters. The monoisotopic (exact) mass is 324 g/mol. The zero-order chi connectivity index (χ0) is 15.4. The number of ether oxygens (including phenoxy) is 1. The highest BCUT2D eigenvalue weighted by Gasteiger charge is 2.19. The SMILES string of the molecule is COc1cc(CC(Cl)C(=O)c2ccccc2)cc(Cl)c1O. The number of phenols is 1. The summed E-state index contributed by atoms with van der Waals surface area (Å²) in [5.74, 6) is -0.0163. The summed E-state index contributed by atoms with van der Waals surface area (Å²) in [5, 5.41) is 9.14. The third kappa shape index (κ3) is 3.69. The van der Waals surface area contributed by atoms with Crippen molar-refractivity contribution in [2.45, 2.75) is 11.8 Å². The highest BCUT2D eigenvalue weighted by Crippen LogP contribution is 2.35. The van der Waals surface area contributed by atoms with Crippen LogP contribution in [0.2, 0.25) is 5.02 Å². The average molecular weight is 325 g/mol. The topological polar surface area (TPSA) is 46.5 Å². The van der Waals surface area contributed by atoms with Crippen molar-refractivity contribution in [2.24, 2.45) is 0 Å². The Morgan fingerprint density at radius 1 is 1.29 bits per heavy atom. The quantitative estimate of drug-likeness (QED) is 0.665. The molecule has 0 heterocycles. The van der Waals surface area contributed by atoms with E-state index in [1.165, 1.54) is 7.11 Å². The second-order valence-electron chi connectivity index (χ2n) is 4.53. The van der Waals surface area contributed by atoms with Gasteiger partial charge in [0.15, 0.2) is 17.3 Å². The van der Waals surface area contributed by atoms with Crippen molar-refractivity contribution < 1.29 is 14.6 Å². The third-order valence-corrected chi connectivity index (χ3v) is 3.71. The van der Waals surface area contributed by atoms with E-state index in [-0.39, 0.29) is 22.3 Å². The van der Waals surface area contributed by atoms with Gasteiger partial charge < -0.3 is 9.84 Å². The van der Waals surface area contributed by atoms with Gasteiger partial charge in [0.2, 0.25) is 0 Å². The molecule has 110 valence electrons. The van der Waals surface area contributed by atoms with E-state index in [1.54, 1.807) is 36.4 Å². The van der Waals surface area contributed by atoms with Gasteiger partial charge in [0, 0.05) is 5.56 Å². The molecule has 0 aliphatic carbocycles. The number of hydrogen-bond donors (Lipinski definition) is 1. The van der Waals surface area contributed by atoms with Crippen LogP contribution in [0.1, 0.15) is 15.9 Å². The Labute approximate surface area is 133 Å². The minimum atomic E-state index is -0.710. The van der Waals surface area contributed by atoms with Crippen LogP contribution in [-0.4, -0.2) is 23.4 Å². The van der Waals surface area contributed by atoms with Crippen molar-refractivity contribution in [3.8, 4) is 11.5 Å². The summed E-state index contributed by atoms with van der Waals surface area (Å²) in [7, 11) is 1.43. The summed E-state index contributed by atoms with van der Waals surface area (Å²) in [4.78, 5) is 12.2. The van der Waals surface area contributed by atoms with Crippen LogP contribution in [0.15, 0.2) is 42.5 Å². The molecule has 2 aromatic carbocycles. The van der Waals surface area contributed by atoms with Crippen molar-refractivity contribution in [1.82, 2.24) is 0 Å². The minimum absolute atomic E-state index is 0.122. The molecular weight excluding hydrogens is 311 g/mol. The lowest BCUT2D eigenvalue weighted by Gasteiger charge is -2.12. The van der Waals surface area contributed by atoms with Crippen LogP contribution >= 0.6 is 23.2 Å². The Morgan fingerprint density at radius 3 is 2.57 bits per heavy atom. The molecule has 0 aliphatic heterocycles. The van der Waals surface area contributed by atoms with Gasteiger partial charge in [-0.2, -0.15) is 0 Å². The maximum atomic E-state index is 12.2. The maximum Gasteiger partial charge on any atom is 0.180 e. The lowest BCUT2D eigenvalue weighted by Crippen LogP contribution is -2.17. The molecule has 3 nitrogen and oxygen atoms in total. The molecule has 0 fully saturated rings. The molecular formula is C16H14Cl2O3. The fourth-order valence-electron chi connectivity index (χ4n) is 1.98. The van der Waals surface area contributed by atoms with Crippen molar-refractivity contribution in [3.63, 3.8) is 0 Å². The number of halogens is 2. The first kappa shape index (κ1) is 15.7.